The van der Waals surface area contributed by atoms with E-state index in [4.69, 9.17) is 0 Å². The second kappa shape index (κ2) is 9.32. The highest BCUT2D eigenvalue weighted by atomic mass is 19.1. The van der Waals surface area contributed by atoms with E-state index in [1.54, 1.807) is 12.1 Å². The van der Waals surface area contributed by atoms with E-state index >= 15 is 0 Å². The van der Waals surface area contributed by atoms with E-state index in [1.807, 2.05) is 54.6 Å². The Morgan fingerprint density at radius 3 is 2.07 bits per heavy atom. The number of anilines is 1. The van der Waals surface area contributed by atoms with Crippen LogP contribution in [0.1, 0.15) is 5.56 Å². The third-order valence-corrected chi connectivity index (χ3v) is 4.05. The van der Waals surface area contributed by atoms with Crippen LogP contribution in [0, 0.1) is 5.82 Å². The van der Waals surface area contributed by atoms with Crippen LogP contribution in [0.5, 0.6) is 0 Å². The summed E-state index contributed by atoms with van der Waals surface area (Å²) in [5.41, 5.74) is 3.56. The summed E-state index contributed by atoms with van der Waals surface area (Å²) in [4.78, 5) is 23.8. The van der Waals surface area contributed by atoms with Crippen molar-refractivity contribution in [3.63, 3.8) is 0 Å². The molecule has 0 aliphatic rings. The van der Waals surface area contributed by atoms with Gasteiger partial charge in [-0.25, -0.2) is 9.18 Å². The molecule has 0 atom stereocenters. The van der Waals surface area contributed by atoms with E-state index in [9.17, 15) is 14.0 Å². The van der Waals surface area contributed by atoms with E-state index in [0.717, 1.165) is 16.7 Å². The van der Waals surface area contributed by atoms with Crippen LogP contribution < -0.4 is 16.0 Å². The molecule has 6 heteroatoms. The minimum atomic E-state index is -0.473. The van der Waals surface area contributed by atoms with E-state index in [0.29, 0.717) is 5.69 Å². The van der Waals surface area contributed by atoms with Crippen LogP contribution in [0.25, 0.3) is 11.1 Å². The van der Waals surface area contributed by atoms with Crippen molar-refractivity contribution >= 4 is 17.6 Å². The van der Waals surface area contributed by atoms with Gasteiger partial charge in [0.25, 0.3) is 0 Å². The number of hydrogen-bond acceptors (Lipinski definition) is 2. The number of nitrogens with one attached hydrogen (secondary N) is 3. The predicted molar refractivity (Wildman–Crippen MR) is 107 cm³/mol. The largest absolute Gasteiger partial charge is 0.334 e. The fourth-order valence-electron chi connectivity index (χ4n) is 2.59. The standard InChI is InChI=1S/C22H20FN3O2/c23-19-10-6-16(7-11-19)14-24-22(28)25-15-21(27)26-20-12-8-18(9-13-20)17-4-2-1-3-5-17/h1-13H,14-15H2,(H,26,27)(H2,24,25,28). The van der Waals surface area contributed by atoms with Gasteiger partial charge in [0, 0.05) is 12.2 Å². The average Bonchev–Trinajstić information content (AvgIpc) is 2.73. The van der Waals surface area contributed by atoms with Gasteiger partial charge in [-0.3, -0.25) is 4.79 Å². The van der Waals surface area contributed by atoms with Crippen molar-refractivity contribution in [3.05, 3.63) is 90.2 Å². The molecule has 0 aromatic heterocycles. The molecule has 0 heterocycles. The number of benzene rings is 3. The third-order valence-electron chi connectivity index (χ3n) is 4.05. The van der Waals surface area contributed by atoms with Gasteiger partial charge in [-0.15, -0.1) is 0 Å². The Morgan fingerprint density at radius 2 is 1.39 bits per heavy atom. The molecule has 0 fully saturated rings. The molecule has 0 aliphatic carbocycles. The number of rotatable bonds is 6. The molecule has 0 saturated heterocycles. The van der Waals surface area contributed by atoms with Crippen molar-refractivity contribution in [2.75, 3.05) is 11.9 Å². The average molecular weight is 377 g/mol. The predicted octanol–water partition coefficient (Wildman–Crippen LogP) is 3.93. The number of urea groups is 1. The lowest BCUT2D eigenvalue weighted by molar-refractivity contribution is -0.115. The van der Waals surface area contributed by atoms with E-state index in [-0.39, 0.29) is 24.8 Å². The summed E-state index contributed by atoms with van der Waals surface area (Å²) in [5.74, 6) is -0.661. The Hall–Kier alpha value is -3.67. The molecule has 3 rings (SSSR count). The van der Waals surface area contributed by atoms with Crippen molar-refractivity contribution < 1.29 is 14.0 Å². The van der Waals surface area contributed by atoms with E-state index in [2.05, 4.69) is 16.0 Å². The van der Waals surface area contributed by atoms with Crippen molar-refractivity contribution in [3.8, 4) is 11.1 Å². The Balaban J connectivity index is 1.42. The maximum absolute atomic E-state index is 12.8. The molecule has 0 aliphatic heterocycles. The van der Waals surface area contributed by atoms with Gasteiger partial charge in [0.15, 0.2) is 0 Å². The number of hydrogen-bond donors (Lipinski definition) is 3. The minimum absolute atomic E-state index is 0.157. The van der Waals surface area contributed by atoms with Gasteiger partial charge in [-0.05, 0) is 41.0 Å². The summed E-state index contributed by atoms with van der Waals surface area (Å²) in [6.07, 6.45) is 0. The normalized spacial score (nSPS) is 10.2. The smallest absolute Gasteiger partial charge is 0.315 e. The lowest BCUT2D eigenvalue weighted by Gasteiger charge is -2.09. The molecule has 3 aromatic rings. The zero-order valence-electron chi connectivity index (χ0n) is 15.1. The van der Waals surface area contributed by atoms with Gasteiger partial charge in [0.2, 0.25) is 5.91 Å². The maximum Gasteiger partial charge on any atom is 0.315 e. The molecule has 0 radical (unpaired) electrons. The first-order valence-corrected chi connectivity index (χ1v) is 8.81. The van der Waals surface area contributed by atoms with Crippen molar-refractivity contribution in [1.29, 1.82) is 0 Å². The SMILES string of the molecule is O=C(CNC(=O)NCc1ccc(F)cc1)Nc1ccc(-c2ccccc2)cc1. The molecule has 0 bridgehead atoms. The summed E-state index contributed by atoms with van der Waals surface area (Å²) in [6, 6.07) is 22.8. The zero-order valence-corrected chi connectivity index (χ0v) is 15.1. The lowest BCUT2D eigenvalue weighted by Crippen LogP contribution is -2.39. The highest BCUT2D eigenvalue weighted by Crippen LogP contribution is 2.20. The van der Waals surface area contributed by atoms with Gasteiger partial charge in [0.05, 0.1) is 6.54 Å². The molecular weight excluding hydrogens is 357 g/mol. The summed E-state index contributed by atoms with van der Waals surface area (Å²) in [5, 5.41) is 7.83. The molecule has 3 aromatic carbocycles. The minimum Gasteiger partial charge on any atom is -0.334 e. The van der Waals surface area contributed by atoms with Crippen LogP contribution in [0.2, 0.25) is 0 Å². The molecular formula is C22H20FN3O2. The summed E-state index contributed by atoms with van der Waals surface area (Å²) < 4.78 is 12.8. The second-order valence-corrected chi connectivity index (χ2v) is 6.15. The Bertz CT molecular complexity index is 926. The van der Waals surface area contributed by atoms with Crippen LogP contribution in [0.15, 0.2) is 78.9 Å². The maximum atomic E-state index is 12.8. The van der Waals surface area contributed by atoms with Crippen LogP contribution in [-0.4, -0.2) is 18.5 Å². The van der Waals surface area contributed by atoms with Crippen LogP contribution in [0.4, 0.5) is 14.9 Å². The molecule has 3 amide bonds. The van der Waals surface area contributed by atoms with Crippen molar-refractivity contribution in [1.82, 2.24) is 10.6 Å². The number of amides is 3. The van der Waals surface area contributed by atoms with Crippen molar-refractivity contribution in [2.24, 2.45) is 0 Å². The van der Waals surface area contributed by atoms with Gasteiger partial charge in [-0.1, -0.05) is 54.6 Å². The second-order valence-electron chi connectivity index (χ2n) is 6.15. The Labute approximate surface area is 162 Å². The van der Waals surface area contributed by atoms with Gasteiger partial charge < -0.3 is 16.0 Å². The molecule has 0 saturated carbocycles. The first-order chi connectivity index (χ1) is 13.6. The fourth-order valence-corrected chi connectivity index (χ4v) is 2.59. The van der Waals surface area contributed by atoms with Gasteiger partial charge >= 0.3 is 6.03 Å². The molecule has 28 heavy (non-hydrogen) atoms. The van der Waals surface area contributed by atoms with Gasteiger partial charge in [-0.2, -0.15) is 0 Å². The highest BCUT2D eigenvalue weighted by Gasteiger charge is 2.06. The first kappa shape index (κ1) is 19.1. The number of carbonyl (C=O) groups excluding carboxylic acids is 2. The van der Waals surface area contributed by atoms with Crippen molar-refractivity contribution in [2.45, 2.75) is 6.54 Å². The van der Waals surface area contributed by atoms with E-state index in [1.165, 1.54) is 12.1 Å². The van der Waals surface area contributed by atoms with Crippen LogP contribution in [-0.2, 0) is 11.3 Å². The molecule has 5 nitrogen and oxygen atoms in total. The summed E-state index contributed by atoms with van der Waals surface area (Å²) in [6.45, 7) is 0.0877. The first-order valence-electron chi connectivity index (χ1n) is 8.81. The monoisotopic (exact) mass is 377 g/mol. The van der Waals surface area contributed by atoms with Crippen LogP contribution in [0.3, 0.4) is 0 Å². The van der Waals surface area contributed by atoms with Gasteiger partial charge in [0.1, 0.15) is 5.82 Å². The summed E-state index contributed by atoms with van der Waals surface area (Å²) in [7, 11) is 0. The number of carbonyl (C=O) groups is 2. The quantitative estimate of drug-likeness (QED) is 0.609. The molecule has 142 valence electrons. The Morgan fingerprint density at radius 1 is 0.750 bits per heavy atom. The third kappa shape index (κ3) is 5.67. The molecule has 0 unspecified atom stereocenters. The topological polar surface area (TPSA) is 70.2 Å². The summed E-state index contributed by atoms with van der Waals surface area (Å²) >= 11 is 0. The molecule has 3 N–H and O–H groups in total. The van der Waals surface area contributed by atoms with Crippen LogP contribution >= 0.6 is 0 Å². The fraction of sp³-hybridized carbons (Fsp3) is 0.0909. The highest BCUT2D eigenvalue weighted by molar-refractivity contribution is 5.94. The van der Waals surface area contributed by atoms with E-state index < -0.39 is 6.03 Å². The Kier molecular flexibility index (Phi) is 6.36. The molecule has 0 spiro atoms. The number of halogens is 1. The lowest BCUT2D eigenvalue weighted by atomic mass is 10.1. The zero-order chi connectivity index (χ0) is 19.8.